The quantitative estimate of drug-likeness (QED) is 0.455. The van der Waals surface area contributed by atoms with Gasteiger partial charge in [-0.25, -0.2) is 0 Å². The van der Waals surface area contributed by atoms with Gasteiger partial charge in [-0.05, 0) is 34.7 Å². The van der Waals surface area contributed by atoms with Crippen molar-refractivity contribution < 1.29 is 4.55 Å². The molecule has 4 N–H and O–H groups in total. The van der Waals surface area contributed by atoms with Gasteiger partial charge in [0.25, 0.3) is 0 Å². The molecule has 3 nitrogen and oxygen atoms in total. The van der Waals surface area contributed by atoms with Crippen LogP contribution in [0.1, 0.15) is 0 Å². The number of hydrogen-bond acceptors (Lipinski definition) is 3. The van der Waals surface area contributed by atoms with Crippen LogP contribution in [0.3, 0.4) is 0 Å². The van der Waals surface area contributed by atoms with Crippen LogP contribution in [-0.4, -0.2) is 4.55 Å². The van der Waals surface area contributed by atoms with E-state index in [1.54, 1.807) is 12.1 Å². The molecule has 0 aliphatic carbocycles. The molecule has 0 bridgehead atoms. The first kappa shape index (κ1) is 9.11. The maximum atomic E-state index is 10.8. The highest BCUT2D eigenvalue weighted by molar-refractivity contribution is 14.1. The van der Waals surface area contributed by atoms with Gasteiger partial charge in [0.2, 0.25) is 0 Å². The zero-order chi connectivity index (χ0) is 8.43. The van der Waals surface area contributed by atoms with Gasteiger partial charge in [-0.1, -0.05) is 0 Å². The van der Waals surface area contributed by atoms with Crippen molar-refractivity contribution in [3.05, 3.63) is 21.8 Å². The van der Waals surface area contributed by atoms with Gasteiger partial charge < -0.3 is 10.3 Å². The summed E-state index contributed by atoms with van der Waals surface area (Å²) in [6.45, 7) is 0. The van der Waals surface area contributed by atoms with Gasteiger partial charge in [0, 0.05) is 9.64 Å². The van der Waals surface area contributed by atoms with Crippen LogP contribution in [0.4, 0.5) is 5.69 Å². The van der Waals surface area contributed by atoms with Crippen LogP contribution in [0.15, 0.2) is 23.1 Å². The lowest BCUT2D eigenvalue weighted by atomic mass is 10.3. The van der Waals surface area contributed by atoms with Crippen LogP contribution in [0.25, 0.3) is 0 Å². The Hall–Kier alpha value is 0.0200. The Labute approximate surface area is 81.6 Å². The molecule has 0 amide bonds. The zero-order valence-electron chi connectivity index (χ0n) is 5.58. The highest BCUT2D eigenvalue weighted by atomic mass is 127. The fourth-order valence-corrected chi connectivity index (χ4v) is 1.93. The predicted molar refractivity (Wildman–Crippen MR) is 54.2 cm³/mol. The minimum absolute atomic E-state index is 0.478. The fraction of sp³-hybridized carbons (Fsp3) is 0. The molecule has 1 atom stereocenters. The summed E-state index contributed by atoms with van der Waals surface area (Å²) in [5.41, 5.74) is 5.99. The molecule has 0 saturated carbocycles. The molecule has 0 spiro atoms. The van der Waals surface area contributed by atoms with Crippen molar-refractivity contribution in [3.8, 4) is 0 Å². The maximum Gasteiger partial charge on any atom is 0.197 e. The molecular weight excluding hydrogens is 275 g/mol. The molecule has 0 aliphatic rings. The second kappa shape index (κ2) is 3.61. The van der Waals surface area contributed by atoms with E-state index in [-0.39, 0.29) is 0 Å². The van der Waals surface area contributed by atoms with E-state index in [0.717, 1.165) is 3.57 Å². The van der Waals surface area contributed by atoms with E-state index < -0.39 is 11.4 Å². The van der Waals surface area contributed by atoms with Crippen molar-refractivity contribution in [1.82, 2.24) is 0 Å². The van der Waals surface area contributed by atoms with Gasteiger partial charge in [0.05, 0.1) is 17.0 Å². The standard InChI is InChI=1S/C6H7IN2OS/c7-4-1-2-5(8)6(3-4)11(9)10/h1-3H,8-9H2. The van der Waals surface area contributed by atoms with Crippen molar-refractivity contribution in [2.45, 2.75) is 4.90 Å². The molecule has 0 fully saturated rings. The van der Waals surface area contributed by atoms with Crippen LogP contribution in [0, 0.1) is 3.57 Å². The van der Waals surface area contributed by atoms with Crippen molar-refractivity contribution in [2.24, 2.45) is 5.14 Å². The number of nitrogens with two attached hydrogens (primary N) is 2. The van der Waals surface area contributed by atoms with Crippen LogP contribution in [-0.2, 0) is 11.4 Å². The van der Waals surface area contributed by atoms with Gasteiger partial charge in [-0.2, -0.15) is 0 Å². The first-order valence-electron chi connectivity index (χ1n) is 2.82. The molecule has 1 aromatic carbocycles. The Morgan fingerprint density at radius 1 is 1.45 bits per heavy atom. The molecule has 1 unspecified atom stereocenters. The summed E-state index contributed by atoms with van der Waals surface area (Å²) in [7, 11) is 0. The molecule has 1 rings (SSSR count). The van der Waals surface area contributed by atoms with Crippen molar-refractivity contribution in [1.29, 1.82) is 0 Å². The van der Waals surface area contributed by atoms with Gasteiger partial charge in [-0.3, -0.25) is 0 Å². The minimum Gasteiger partial charge on any atom is -0.593 e. The number of anilines is 1. The van der Waals surface area contributed by atoms with Gasteiger partial charge in [0.15, 0.2) is 4.90 Å². The first-order chi connectivity index (χ1) is 5.11. The molecule has 0 saturated heterocycles. The minimum atomic E-state index is -1.48. The molecule has 0 aliphatic heterocycles. The molecule has 5 heteroatoms. The van der Waals surface area contributed by atoms with Crippen molar-refractivity contribution in [3.63, 3.8) is 0 Å². The van der Waals surface area contributed by atoms with Gasteiger partial charge in [-0.15, -0.1) is 5.14 Å². The Morgan fingerprint density at radius 3 is 2.55 bits per heavy atom. The average molecular weight is 282 g/mol. The second-order valence-electron chi connectivity index (χ2n) is 1.98. The highest BCUT2D eigenvalue weighted by Crippen LogP contribution is 2.19. The zero-order valence-corrected chi connectivity index (χ0v) is 8.56. The second-order valence-corrected chi connectivity index (χ2v) is 4.26. The topological polar surface area (TPSA) is 75.1 Å². The molecule has 1 aromatic rings. The van der Waals surface area contributed by atoms with Crippen LogP contribution < -0.4 is 10.9 Å². The summed E-state index contributed by atoms with van der Waals surface area (Å²) < 4.78 is 11.8. The number of hydrogen-bond donors (Lipinski definition) is 2. The summed E-state index contributed by atoms with van der Waals surface area (Å²) in [6, 6.07) is 5.25. The normalized spacial score (nSPS) is 13.0. The summed E-state index contributed by atoms with van der Waals surface area (Å²) in [5, 5.41) is 5.17. The number of halogens is 1. The molecular formula is C6H7IN2OS. The third-order valence-electron chi connectivity index (χ3n) is 1.19. The first-order valence-corrected chi connectivity index (χ1v) is 5.11. The number of nitrogen functional groups attached to an aromatic ring is 1. The van der Waals surface area contributed by atoms with Crippen LogP contribution in [0.5, 0.6) is 0 Å². The van der Waals surface area contributed by atoms with E-state index in [1.165, 1.54) is 0 Å². The highest BCUT2D eigenvalue weighted by Gasteiger charge is 2.10. The monoisotopic (exact) mass is 282 g/mol. The maximum absolute atomic E-state index is 10.8. The third-order valence-corrected chi connectivity index (χ3v) is 2.65. The lowest BCUT2D eigenvalue weighted by Crippen LogP contribution is -2.14. The molecule has 0 radical (unpaired) electrons. The van der Waals surface area contributed by atoms with E-state index >= 15 is 0 Å². The Kier molecular flexibility index (Phi) is 2.99. The van der Waals surface area contributed by atoms with E-state index in [4.69, 9.17) is 10.9 Å². The largest absolute Gasteiger partial charge is 0.593 e. The fourth-order valence-electron chi connectivity index (χ4n) is 0.682. The SMILES string of the molecule is Nc1ccc(I)cc1[S+](N)[O-]. The van der Waals surface area contributed by atoms with E-state index in [9.17, 15) is 4.55 Å². The lowest BCUT2D eigenvalue weighted by molar-refractivity contribution is 0.597. The van der Waals surface area contributed by atoms with Crippen LogP contribution >= 0.6 is 22.6 Å². The summed E-state index contributed by atoms with van der Waals surface area (Å²) in [6.07, 6.45) is 0. The molecule has 60 valence electrons. The van der Waals surface area contributed by atoms with Crippen molar-refractivity contribution in [2.75, 3.05) is 5.73 Å². The number of rotatable bonds is 1. The Morgan fingerprint density at radius 2 is 2.09 bits per heavy atom. The summed E-state index contributed by atoms with van der Waals surface area (Å²) >= 11 is 0.629. The van der Waals surface area contributed by atoms with Gasteiger partial charge >= 0.3 is 0 Å². The van der Waals surface area contributed by atoms with Gasteiger partial charge in [0.1, 0.15) is 0 Å². The Bertz CT molecular complexity index is 267. The van der Waals surface area contributed by atoms with Crippen LogP contribution in [0.2, 0.25) is 0 Å². The molecule has 0 heterocycles. The van der Waals surface area contributed by atoms with E-state index in [1.807, 2.05) is 6.07 Å². The van der Waals surface area contributed by atoms with Crippen molar-refractivity contribution >= 4 is 39.6 Å². The average Bonchev–Trinajstić information content (AvgIpc) is 1.94. The van der Waals surface area contributed by atoms with E-state index in [2.05, 4.69) is 22.6 Å². The smallest absolute Gasteiger partial charge is 0.197 e. The summed E-state index contributed by atoms with van der Waals surface area (Å²) in [5.74, 6) is 0. The lowest BCUT2D eigenvalue weighted by Gasteiger charge is -2.05. The predicted octanol–water partition coefficient (Wildman–Crippen LogP) is 0.855. The van der Waals surface area contributed by atoms with E-state index in [0.29, 0.717) is 10.6 Å². The third kappa shape index (κ3) is 2.22. The summed E-state index contributed by atoms with van der Waals surface area (Å²) in [4.78, 5) is 0.497. The Balaban J connectivity index is 3.13. The number of benzene rings is 1. The molecule has 0 aromatic heterocycles. The molecule has 11 heavy (non-hydrogen) atoms.